The van der Waals surface area contributed by atoms with Gasteiger partial charge in [0, 0.05) is 13.0 Å². The molecule has 92 valence electrons. The number of hydrogen-bond acceptors (Lipinski definition) is 4. The molecule has 0 saturated carbocycles. The third kappa shape index (κ3) is 9.05. The predicted octanol–water partition coefficient (Wildman–Crippen LogP) is 1.63. The number of unbranched alkanes of at least 4 members (excludes halogenated alkanes) is 2. The first kappa shape index (κ1) is 14.5. The number of carbonyl (C=O) groups excluding carboxylic acids is 2. The molecule has 0 rings (SSSR count). The maximum Gasteiger partial charge on any atom is 0.407 e. The van der Waals surface area contributed by atoms with Crippen molar-refractivity contribution in [1.29, 1.82) is 0 Å². The van der Waals surface area contributed by atoms with Crippen molar-refractivity contribution < 1.29 is 19.1 Å². The highest BCUT2D eigenvalue weighted by Gasteiger charge is 2.01. The highest BCUT2D eigenvalue weighted by molar-refractivity contribution is 5.69. The van der Waals surface area contributed by atoms with Crippen LogP contribution in [0.25, 0.3) is 0 Å². The molecule has 0 aromatic carbocycles. The van der Waals surface area contributed by atoms with Gasteiger partial charge in [0.1, 0.15) is 6.61 Å². The zero-order chi connectivity index (χ0) is 12.2. The van der Waals surface area contributed by atoms with Crippen molar-refractivity contribution in [2.75, 3.05) is 20.3 Å². The molecule has 16 heavy (non-hydrogen) atoms. The molecule has 1 N–H and O–H groups in total. The van der Waals surface area contributed by atoms with Crippen LogP contribution in [0.4, 0.5) is 4.79 Å². The fourth-order valence-corrected chi connectivity index (χ4v) is 1.05. The van der Waals surface area contributed by atoms with Crippen molar-refractivity contribution in [3.8, 4) is 0 Å². The van der Waals surface area contributed by atoms with Gasteiger partial charge in [-0.25, -0.2) is 4.79 Å². The maximum absolute atomic E-state index is 10.9. The van der Waals surface area contributed by atoms with E-state index in [1.165, 1.54) is 13.2 Å². The van der Waals surface area contributed by atoms with Gasteiger partial charge in [0.2, 0.25) is 0 Å². The number of methoxy groups -OCH3 is 1. The SMILES string of the molecule is C=CCOC(=O)NCCCCCC(=O)OC. The summed E-state index contributed by atoms with van der Waals surface area (Å²) in [6.07, 6.45) is 3.97. The lowest BCUT2D eigenvalue weighted by Crippen LogP contribution is -2.25. The lowest BCUT2D eigenvalue weighted by Gasteiger charge is -2.04. The molecule has 1 amide bonds. The van der Waals surface area contributed by atoms with Crippen LogP contribution >= 0.6 is 0 Å². The molecule has 0 heterocycles. The van der Waals surface area contributed by atoms with E-state index in [9.17, 15) is 9.59 Å². The van der Waals surface area contributed by atoms with Crippen LogP contribution in [0.5, 0.6) is 0 Å². The van der Waals surface area contributed by atoms with E-state index in [1.807, 2.05) is 0 Å². The summed E-state index contributed by atoms with van der Waals surface area (Å²) >= 11 is 0. The number of esters is 1. The van der Waals surface area contributed by atoms with Crippen molar-refractivity contribution in [3.63, 3.8) is 0 Å². The number of hydrogen-bond donors (Lipinski definition) is 1. The zero-order valence-electron chi connectivity index (χ0n) is 9.66. The van der Waals surface area contributed by atoms with Crippen LogP contribution in [0.1, 0.15) is 25.7 Å². The number of nitrogens with one attached hydrogen (secondary N) is 1. The minimum Gasteiger partial charge on any atom is -0.469 e. The molecule has 5 nitrogen and oxygen atoms in total. The van der Waals surface area contributed by atoms with Crippen LogP contribution in [0.15, 0.2) is 12.7 Å². The molecule has 0 aromatic rings. The summed E-state index contributed by atoms with van der Waals surface area (Å²) in [6.45, 7) is 4.20. The van der Waals surface area contributed by atoms with Gasteiger partial charge >= 0.3 is 12.1 Å². The van der Waals surface area contributed by atoms with Crippen molar-refractivity contribution in [2.24, 2.45) is 0 Å². The molecule has 0 aliphatic rings. The van der Waals surface area contributed by atoms with Gasteiger partial charge in [-0.3, -0.25) is 4.79 Å². The largest absolute Gasteiger partial charge is 0.469 e. The second-order valence-corrected chi connectivity index (χ2v) is 3.20. The number of alkyl carbamates (subject to hydrolysis) is 1. The molecule has 5 heteroatoms. The summed E-state index contributed by atoms with van der Waals surface area (Å²) in [4.78, 5) is 21.7. The molecule has 0 radical (unpaired) electrons. The highest BCUT2D eigenvalue weighted by Crippen LogP contribution is 1.99. The van der Waals surface area contributed by atoms with E-state index in [-0.39, 0.29) is 12.6 Å². The topological polar surface area (TPSA) is 64.6 Å². The Kier molecular flexibility index (Phi) is 9.06. The Labute approximate surface area is 95.8 Å². The molecule has 0 spiro atoms. The normalized spacial score (nSPS) is 9.31. The molecular weight excluding hydrogens is 210 g/mol. The van der Waals surface area contributed by atoms with E-state index in [2.05, 4.69) is 16.6 Å². The van der Waals surface area contributed by atoms with Crippen LogP contribution in [0.3, 0.4) is 0 Å². The zero-order valence-corrected chi connectivity index (χ0v) is 9.66. The monoisotopic (exact) mass is 229 g/mol. The van der Waals surface area contributed by atoms with Crippen molar-refractivity contribution in [2.45, 2.75) is 25.7 Å². The Morgan fingerprint density at radius 1 is 1.31 bits per heavy atom. The first-order valence-electron chi connectivity index (χ1n) is 5.29. The Morgan fingerprint density at radius 2 is 2.06 bits per heavy atom. The van der Waals surface area contributed by atoms with Crippen LogP contribution in [-0.2, 0) is 14.3 Å². The van der Waals surface area contributed by atoms with Gasteiger partial charge in [-0.15, -0.1) is 0 Å². The maximum atomic E-state index is 10.9. The summed E-state index contributed by atoms with van der Waals surface area (Å²) in [5.41, 5.74) is 0. The van der Waals surface area contributed by atoms with Crippen molar-refractivity contribution in [1.82, 2.24) is 5.32 Å². The van der Waals surface area contributed by atoms with Gasteiger partial charge in [0.05, 0.1) is 7.11 Å². The molecule has 0 saturated heterocycles. The van der Waals surface area contributed by atoms with E-state index in [4.69, 9.17) is 4.74 Å². The number of ether oxygens (including phenoxy) is 2. The average Bonchev–Trinajstić information content (AvgIpc) is 2.30. The van der Waals surface area contributed by atoms with Gasteiger partial charge in [-0.05, 0) is 12.8 Å². The molecule has 0 aliphatic heterocycles. The van der Waals surface area contributed by atoms with E-state index in [1.54, 1.807) is 0 Å². The molecule has 0 fully saturated rings. The quantitative estimate of drug-likeness (QED) is 0.390. The molecule has 0 aromatic heterocycles. The van der Waals surface area contributed by atoms with Crippen LogP contribution in [0.2, 0.25) is 0 Å². The minimum absolute atomic E-state index is 0.196. The van der Waals surface area contributed by atoms with Gasteiger partial charge in [0.25, 0.3) is 0 Å². The molecule has 0 unspecified atom stereocenters. The second kappa shape index (κ2) is 10.0. The Hall–Kier alpha value is -1.52. The summed E-state index contributed by atoms with van der Waals surface area (Å²) < 4.78 is 9.21. The van der Waals surface area contributed by atoms with E-state index >= 15 is 0 Å². The number of amides is 1. The predicted molar refractivity (Wildman–Crippen MR) is 60.0 cm³/mol. The van der Waals surface area contributed by atoms with Crippen LogP contribution in [0, 0.1) is 0 Å². The standard InChI is InChI=1S/C11H19NO4/c1-3-9-16-11(14)12-8-6-4-5-7-10(13)15-2/h3H,1,4-9H2,2H3,(H,12,14). The minimum atomic E-state index is -0.437. The van der Waals surface area contributed by atoms with Crippen LogP contribution in [-0.4, -0.2) is 32.3 Å². The molecule has 0 aliphatic carbocycles. The Balaban J connectivity index is 3.23. The molecular formula is C11H19NO4. The lowest BCUT2D eigenvalue weighted by atomic mass is 10.2. The highest BCUT2D eigenvalue weighted by atomic mass is 16.5. The molecule has 0 atom stereocenters. The Bertz CT molecular complexity index is 228. The number of rotatable bonds is 8. The van der Waals surface area contributed by atoms with E-state index < -0.39 is 6.09 Å². The second-order valence-electron chi connectivity index (χ2n) is 3.20. The summed E-state index contributed by atoms with van der Waals surface area (Å²) in [7, 11) is 1.37. The fourth-order valence-electron chi connectivity index (χ4n) is 1.05. The van der Waals surface area contributed by atoms with Gasteiger partial charge in [-0.2, -0.15) is 0 Å². The first-order valence-corrected chi connectivity index (χ1v) is 5.29. The Morgan fingerprint density at radius 3 is 2.69 bits per heavy atom. The van der Waals surface area contributed by atoms with Gasteiger partial charge in [-0.1, -0.05) is 19.1 Å². The van der Waals surface area contributed by atoms with Gasteiger partial charge in [0.15, 0.2) is 0 Å². The third-order valence-electron chi connectivity index (χ3n) is 1.89. The average molecular weight is 229 g/mol. The van der Waals surface area contributed by atoms with E-state index in [0.717, 1.165) is 19.3 Å². The van der Waals surface area contributed by atoms with Crippen molar-refractivity contribution >= 4 is 12.1 Å². The smallest absolute Gasteiger partial charge is 0.407 e. The summed E-state index contributed by atoms with van der Waals surface area (Å²) in [5, 5.41) is 2.59. The van der Waals surface area contributed by atoms with E-state index in [0.29, 0.717) is 13.0 Å². The van der Waals surface area contributed by atoms with Crippen LogP contribution < -0.4 is 5.32 Å². The lowest BCUT2D eigenvalue weighted by molar-refractivity contribution is -0.140. The third-order valence-corrected chi connectivity index (χ3v) is 1.89. The van der Waals surface area contributed by atoms with Gasteiger partial charge < -0.3 is 14.8 Å². The summed E-state index contributed by atoms with van der Waals surface area (Å²) in [5.74, 6) is -0.196. The molecule has 0 bridgehead atoms. The first-order chi connectivity index (χ1) is 7.70. The number of carbonyl (C=O) groups is 2. The summed E-state index contributed by atoms with van der Waals surface area (Å²) in [6, 6.07) is 0. The van der Waals surface area contributed by atoms with Crippen molar-refractivity contribution in [3.05, 3.63) is 12.7 Å². The fraction of sp³-hybridized carbons (Fsp3) is 0.636.